The highest BCUT2D eigenvalue weighted by atomic mass is 35.5. The van der Waals surface area contributed by atoms with Crippen LogP contribution in [0.3, 0.4) is 0 Å². The van der Waals surface area contributed by atoms with Gasteiger partial charge in [0.2, 0.25) is 0 Å². The fourth-order valence-electron chi connectivity index (χ4n) is 4.05. The largest absolute Gasteiger partial charge is 0.352 e. The third-order valence-electron chi connectivity index (χ3n) is 5.99. The quantitative estimate of drug-likeness (QED) is 0.231. The fraction of sp³-hybridized carbons (Fsp3) is 0.133. The Morgan fingerprint density at radius 3 is 2.32 bits per heavy atom. The molecule has 0 aliphatic rings. The number of amides is 3. The Balaban J connectivity index is 1.45. The van der Waals surface area contributed by atoms with Gasteiger partial charge in [-0.15, -0.1) is 0 Å². The molecular formula is C30H26ClF2N3O2. The number of benzene rings is 4. The first-order valence-electron chi connectivity index (χ1n) is 12.0. The highest BCUT2D eigenvalue weighted by Gasteiger charge is 2.16. The summed E-state index contributed by atoms with van der Waals surface area (Å²) < 4.78 is 27.0. The van der Waals surface area contributed by atoms with Crippen LogP contribution in [0, 0.1) is 18.6 Å². The molecule has 0 aliphatic heterocycles. The highest BCUT2D eigenvalue weighted by Crippen LogP contribution is 2.27. The fourth-order valence-corrected chi connectivity index (χ4v) is 4.38. The van der Waals surface area contributed by atoms with Crippen molar-refractivity contribution in [3.8, 4) is 11.1 Å². The van der Waals surface area contributed by atoms with Crippen molar-refractivity contribution in [2.45, 2.75) is 19.9 Å². The molecule has 0 bridgehead atoms. The van der Waals surface area contributed by atoms with Crippen LogP contribution in [-0.2, 0) is 13.0 Å². The molecule has 0 radical (unpaired) electrons. The molecule has 0 saturated heterocycles. The number of rotatable bonds is 8. The Kier molecular flexibility index (Phi) is 8.71. The van der Waals surface area contributed by atoms with Gasteiger partial charge in [0.25, 0.3) is 5.91 Å². The molecule has 38 heavy (non-hydrogen) atoms. The van der Waals surface area contributed by atoms with Crippen molar-refractivity contribution >= 4 is 29.2 Å². The predicted octanol–water partition coefficient (Wildman–Crippen LogP) is 6.89. The summed E-state index contributed by atoms with van der Waals surface area (Å²) in [6.45, 7) is 2.51. The van der Waals surface area contributed by atoms with E-state index >= 15 is 0 Å². The molecule has 0 unspecified atom stereocenters. The van der Waals surface area contributed by atoms with Gasteiger partial charge in [-0.2, -0.15) is 0 Å². The van der Waals surface area contributed by atoms with Gasteiger partial charge in [-0.3, -0.25) is 4.79 Å². The number of anilines is 1. The molecule has 8 heteroatoms. The first-order chi connectivity index (χ1) is 18.3. The van der Waals surface area contributed by atoms with Crippen molar-refractivity contribution in [2.75, 3.05) is 11.9 Å². The molecule has 4 aromatic carbocycles. The van der Waals surface area contributed by atoms with Gasteiger partial charge in [-0.05, 0) is 65.4 Å². The van der Waals surface area contributed by atoms with Crippen LogP contribution in [0.25, 0.3) is 11.1 Å². The van der Waals surface area contributed by atoms with E-state index in [4.69, 9.17) is 11.6 Å². The van der Waals surface area contributed by atoms with E-state index < -0.39 is 17.7 Å². The van der Waals surface area contributed by atoms with Gasteiger partial charge < -0.3 is 16.0 Å². The third-order valence-corrected chi connectivity index (χ3v) is 6.34. The standard InChI is InChI=1S/C30H26ClF2N3O2/c1-19-10-11-20(26(31)16-19)14-15-34-29(37)25-9-5-4-8-24(25)23-7-3-2-6-21(23)18-35-30(38)36-28-13-12-22(32)17-27(28)33/h2-13,16-17H,14-15,18H2,1H3,(H,34,37)(H2,35,36,38). The zero-order valence-electron chi connectivity index (χ0n) is 20.7. The summed E-state index contributed by atoms with van der Waals surface area (Å²) in [5, 5.41) is 8.70. The smallest absolute Gasteiger partial charge is 0.319 e. The molecule has 0 aromatic heterocycles. The maximum atomic E-state index is 13.9. The summed E-state index contributed by atoms with van der Waals surface area (Å²) >= 11 is 6.32. The van der Waals surface area contributed by atoms with Crippen LogP contribution in [0.15, 0.2) is 84.9 Å². The second kappa shape index (κ2) is 12.3. The molecule has 4 rings (SSSR count). The Morgan fingerprint density at radius 2 is 1.55 bits per heavy atom. The minimum atomic E-state index is -0.870. The molecule has 194 valence electrons. The van der Waals surface area contributed by atoms with Crippen molar-refractivity contribution in [3.63, 3.8) is 0 Å². The molecule has 0 atom stereocenters. The lowest BCUT2D eigenvalue weighted by Gasteiger charge is -2.15. The van der Waals surface area contributed by atoms with Crippen LogP contribution in [0.2, 0.25) is 5.02 Å². The molecule has 0 spiro atoms. The van der Waals surface area contributed by atoms with E-state index in [0.717, 1.165) is 34.4 Å². The van der Waals surface area contributed by atoms with Crippen molar-refractivity contribution in [1.29, 1.82) is 0 Å². The van der Waals surface area contributed by atoms with E-state index in [9.17, 15) is 18.4 Å². The molecule has 0 fully saturated rings. The first kappa shape index (κ1) is 26.8. The third kappa shape index (κ3) is 6.75. The zero-order chi connectivity index (χ0) is 27.1. The SMILES string of the molecule is Cc1ccc(CCNC(=O)c2ccccc2-c2ccccc2CNC(=O)Nc2ccc(F)cc2F)c(Cl)c1. The predicted molar refractivity (Wildman–Crippen MR) is 146 cm³/mol. The van der Waals surface area contributed by atoms with Crippen molar-refractivity contribution in [2.24, 2.45) is 0 Å². The van der Waals surface area contributed by atoms with E-state index in [2.05, 4.69) is 16.0 Å². The number of aryl methyl sites for hydroxylation is 1. The van der Waals surface area contributed by atoms with Gasteiger partial charge in [0.1, 0.15) is 11.6 Å². The van der Waals surface area contributed by atoms with E-state index in [0.29, 0.717) is 35.2 Å². The Morgan fingerprint density at radius 1 is 0.816 bits per heavy atom. The molecule has 4 aromatic rings. The van der Waals surface area contributed by atoms with Gasteiger partial charge in [-0.1, -0.05) is 66.2 Å². The number of carbonyl (C=O) groups is 2. The van der Waals surface area contributed by atoms with Crippen LogP contribution < -0.4 is 16.0 Å². The monoisotopic (exact) mass is 533 g/mol. The maximum absolute atomic E-state index is 13.9. The second-order valence-corrected chi connectivity index (χ2v) is 9.14. The van der Waals surface area contributed by atoms with Crippen LogP contribution >= 0.6 is 11.6 Å². The van der Waals surface area contributed by atoms with Crippen molar-refractivity contribution in [3.05, 3.63) is 124 Å². The summed E-state index contributed by atoms with van der Waals surface area (Å²) in [4.78, 5) is 25.5. The number of hydrogen-bond acceptors (Lipinski definition) is 2. The maximum Gasteiger partial charge on any atom is 0.319 e. The molecule has 0 aliphatic carbocycles. The summed E-state index contributed by atoms with van der Waals surface area (Å²) in [6, 6.07) is 22.7. The van der Waals surface area contributed by atoms with E-state index in [1.807, 2.05) is 61.5 Å². The van der Waals surface area contributed by atoms with Crippen LogP contribution in [0.1, 0.15) is 27.0 Å². The van der Waals surface area contributed by atoms with Gasteiger partial charge in [0, 0.05) is 29.7 Å². The van der Waals surface area contributed by atoms with Crippen molar-refractivity contribution in [1.82, 2.24) is 10.6 Å². The summed E-state index contributed by atoms with van der Waals surface area (Å²) in [5.74, 6) is -1.83. The lowest BCUT2D eigenvalue weighted by molar-refractivity contribution is 0.0954. The van der Waals surface area contributed by atoms with Crippen LogP contribution in [0.4, 0.5) is 19.3 Å². The lowest BCUT2D eigenvalue weighted by Crippen LogP contribution is -2.29. The molecular weight excluding hydrogens is 508 g/mol. The molecule has 5 nitrogen and oxygen atoms in total. The van der Waals surface area contributed by atoms with E-state index in [1.165, 1.54) is 0 Å². The first-order valence-corrected chi connectivity index (χ1v) is 12.4. The molecule has 0 heterocycles. The molecule has 3 amide bonds. The van der Waals surface area contributed by atoms with Gasteiger partial charge in [-0.25, -0.2) is 13.6 Å². The summed E-state index contributed by atoms with van der Waals surface area (Å²) in [5.41, 5.74) is 4.63. The number of nitrogens with one attached hydrogen (secondary N) is 3. The van der Waals surface area contributed by atoms with E-state index in [1.54, 1.807) is 12.1 Å². The van der Waals surface area contributed by atoms with Gasteiger partial charge in [0.15, 0.2) is 0 Å². The minimum absolute atomic E-state index is 0.118. The van der Waals surface area contributed by atoms with Gasteiger partial charge in [0.05, 0.1) is 5.69 Å². The normalized spacial score (nSPS) is 10.6. The topological polar surface area (TPSA) is 70.2 Å². The highest BCUT2D eigenvalue weighted by molar-refractivity contribution is 6.31. The zero-order valence-corrected chi connectivity index (χ0v) is 21.4. The van der Waals surface area contributed by atoms with Crippen LogP contribution in [-0.4, -0.2) is 18.5 Å². The second-order valence-electron chi connectivity index (χ2n) is 8.74. The average Bonchev–Trinajstić information content (AvgIpc) is 2.90. The van der Waals surface area contributed by atoms with Crippen LogP contribution in [0.5, 0.6) is 0 Å². The number of halogens is 3. The Labute approximate surface area is 224 Å². The number of carbonyl (C=O) groups excluding carboxylic acids is 2. The summed E-state index contributed by atoms with van der Waals surface area (Å²) in [7, 11) is 0. The minimum Gasteiger partial charge on any atom is -0.352 e. The molecule has 3 N–H and O–H groups in total. The number of urea groups is 1. The van der Waals surface area contributed by atoms with E-state index in [-0.39, 0.29) is 18.1 Å². The van der Waals surface area contributed by atoms with Crippen molar-refractivity contribution < 1.29 is 18.4 Å². The average molecular weight is 534 g/mol. The van der Waals surface area contributed by atoms with Gasteiger partial charge >= 0.3 is 6.03 Å². The molecule has 0 saturated carbocycles. The Hall–Kier alpha value is -4.23. The lowest BCUT2D eigenvalue weighted by atomic mass is 9.95. The number of hydrogen-bond donors (Lipinski definition) is 3. The Bertz CT molecular complexity index is 1480. The summed E-state index contributed by atoms with van der Waals surface area (Å²) in [6.07, 6.45) is 0.595.